The van der Waals surface area contributed by atoms with Gasteiger partial charge in [0.25, 0.3) is 0 Å². The zero-order valence-corrected chi connectivity index (χ0v) is 11.9. The number of benzene rings is 1. The molecule has 0 aliphatic heterocycles. The van der Waals surface area contributed by atoms with E-state index in [-0.39, 0.29) is 0 Å². The highest BCUT2D eigenvalue weighted by molar-refractivity contribution is 9.10. The standard InChI is InChI=1S/C13H12BrN5/c1-2-17-12-7-16-8-13(19-12)18-11-4-3-9(6-15)5-10(11)14/h3-5,7-8H,2H2,1H3,(H2,17,18,19). The van der Waals surface area contributed by atoms with Crippen LogP contribution in [0, 0.1) is 11.3 Å². The van der Waals surface area contributed by atoms with Crippen molar-refractivity contribution in [3.05, 3.63) is 40.6 Å². The van der Waals surface area contributed by atoms with Crippen molar-refractivity contribution in [1.82, 2.24) is 9.97 Å². The Morgan fingerprint density at radius 2 is 2.11 bits per heavy atom. The Balaban J connectivity index is 2.21. The second-order valence-corrected chi connectivity index (χ2v) is 4.61. The predicted octanol–water partition coefficient (Wildman–Crippen LogP) is 3.29. The fraction of sp³-hybridized carbons (Fsp3) is 0.154. The van der Waals surface area contributed by atoms with Crippen molar-refractivity contribution in [2.24, 2.45) is 0 Å². The summed E-state index contributed by atoms with van der Waals surface area (Å²) in [5.41, 5.74) is 1.44. The molecule has 1 heterocycles. The van der Waals surface area contributed by atoms with E-state index in [4.69, 9.17) is 5.26 Å². The third kappa shape index (κ3) is 3.42. The molecular formula is C13H12BrN5. The van der Waals surface area contributed by atoms with Crippen molar-refractivity contribution >= 4 is 33.3 Å². The van der Waals surface area contributed by atoms with Crippen molar-refractivity contribution < 1.29 is 0 Å². The van der Waals surface area contributed by atoms with E-state index in [1.165, 1.54) is 0 Å². The van der Waals surface area contributed by atoms with Crippen LogP contribution < -0.4 is 10.6 Å². The quantitative estimate of drug-likeness (QED) is 0.905. The van der Waals surface area contributed by atoms with Gasteiger partial charge in [-0.15, -0.1) is 0 Å². The maximum absolute atomic E-state index is 8.82. The molecule has 0 bridgehead atoms. The number of hydrogen-bond donors (Lipinski definition) is 2. The van der Waals surface area contributed by atoms with Crippen LogP contribution >= 0.6 is 15.9 Å². The number of anilines is 3. The van der Waals surface area contributed by atoms with Gasteiger partial charge in [-0.3, -0.25) is 4.98 Å². The Morgan fingerprint density at radius 3 is 2.79 bits per heavy atom. The number of nitrogens with one attached hydrogen (secondary N) is 2. The topological polar surface area (TPSA) is 73.6 Å². The molecule has 0 saturated carbocycles. The number of halogens is 1. The SMILES string of the molecule is CCNc1cncc(Nc2ccc(C#N)cc2Br)n1. The van der Waals surface area contributed by atoms with E-state index in [1.54, 1.807) is 24.5 Å². The van der Waals surface area contributed by atoms with Crippen molar-refractivity contribution in [2.45, 2.75) is 6.92 Å². The fourth-order valence-electron chi connectivity index (χ4n) is 1.52. The Kier molecular flexibility index (Phi) is 4.31. The molecule has 0 amide bonds. The Hall–Kier alpha value is -2.13. The molecule has 5 nitrogen and oxygen atoms in total. The van der Waals surface area contributed by atoms with Crippen molar-refractivity contribution in [1.29, 1.82) is 5.26 Å². The van der Waals surface area contributed by atoms with Gasteiger partial charge in [0.15, 0.2) is 5.82 Å². The minimum atomic E-state index is 0.602. The summed E-state index contributed by atoms with van der Waals surface area (Å²) in [6, 6.07) is 7.41. The Bertz CT molecular complexity index is 621. The molecule has 0 atom stereocenters. The summed E-state index contributed by atoms with van der Waals surface area (Å²) in [6.07, 6.45) is 3.31. The molecule has 1 aromatic carbocycles. The third-order valence-electron chi connectivity index (χ3n) is 2.35. The molecule has 0 spiro atoms. The van der Waals surface area contributed by atoms with Gasteiger partial charge in [0.05, 0.1) is 29.7 Å². The van der Waals surface area contributed by atoms with Gasteiger partial charge in [0, 0.05) is 11.0 Å². The van der Waals surface area contributed by atoms with E-state index in [0.29, 0.717) is 11.4 Å². The highest BCUT2D eigenvalue weighted by atomic mass is 79.9. The van der Waals surface area contributed by atoms with Crippen molar-refractivity contribution in [2.75, 3.05) is 17.2 Å². The normalized spacial score (nSPS) is 9.74. The molecule has 0 unspecified atom stereocenters. The maximum atomic E-state index is 8.82. The van der Waals surface area contributed by atoms with Gasteiger partial charge >= 0.3 is 0 Å². The molecule has 0 fully saturated rings. The molecule has 2 aromatic rings. The van der Waals surface area contributed by atoms with Crippen LogP contribution in [0.4, 0.5) is 17.3 Å². The van der Waals surface area contributed by atoms with Crippen LogP contribution in [-0.2, 0) is 0 Å². The van der Waals surface area contributed by atoms with Gasteiger partial charge in [0.1, 0.15) is 5.82 Å². The van der Waals surface area contributed by atoms with Crippen LogP contribution in [0.1, 0.15) is 12.5 Å². The van der Waals surface area contributed by atoms with E-state index in [9.17, 15) is 0 Å². The lowest BCUT2D eigenvalue weighted by atomic mass is 10.2. The summed E-state index contributed by atoms with van der Waals surface area (Å²) < 4.78 is 0.808. The van der Waals surface area contributed by atoms with Gasteiger partial charge in [-0.25, -0.2) is 4.98 Å². The van der Waals surface area contributed by atoms with Crippen LogP contribution in [0.25, 0.3) is 0 Å². The summed E-state index contributed by atoms with van der Waals surface area (Å²) in [5, 5.41) is 15.1. The summed E-state index contributed by atoms with van der Waals surface area (Å²) in [5.74, 6) is 1.36. The maximum Gasteiger partial charge on any atom is 0.151 e. The second kappa shape index (κ2) is 6.16. The number of aromatic nitrogens is 2. The van der Waals surface area contributed by atoms with Gasteiger partial charge in [-0.05, 0) is 41.1 Å². The van der Waals surface area contributed by atoms with E-state index >= 15 is 0 Å². The number of nitrogens with zero attached hydrogens (tertiary/aromatic N) is 3. The lowest BCUT2D eigenvalue weighted by Gasteiger charge is -2.09. The highest BCUT2D eigenvalue weighted by Crippen LogP contribution is 2.26. The van der Waals surface area contributed by atoms with Crippen LogP contribution in [0.15, 0.2) is 35.1 Å². The molecule has 0 saturated heterocycles. The lowest BCUT2D eigenvalue weighted by molar-refractivity contribution is 1.12. The monoisotopic (exact) mass is 317 g/mol. The Morgan fingerprint density at radius 1 is 1.32 bits per heavy atom. The minimum absolute atomic E-state index is 0.602. The van der Waals surface area contributed by atoms with E-state index < -0.39 is 0 Å². The summed E-state index contributed by atoms with van der Waals surface area (Å²) in [7, 11) is 0. The van der Waals surface area contributed by atoms with Gasteiger partial charge in [0.2, 0.25) is 0 Å². The van der Waals surface area contributed by atoms with E-state index in [0.717, 1.165) is 22.5 Å². The lowest BCUT2D eigenvalue weighted by Crippen LogP contribution is -2.02. The number of hydrogen-bond acceptors (Lipinski definition) is 5. The minimum Gasteiger partial charge on any atom is -0.369 e. The number of rotatable bonds is 4. The molecule has 0 radical (unpaired) electrons. The van der Waals surface area contributed by atoms with Crippen molar-refractivity contribution in [3.8, 4) is 6.07 Å². The molecular weight excluding hydrogens is 306 g/mol. The van der Waals surface area contributed by atoms with Gasteiger partial charge < -0.3 is 10.6 Å². The fourth-order valence-corrected chi connectivity index (χ4v) is 1.99. The molecule has 6 heteroatoms. The average molecular weight is 318 g/mol. The molecule has 0 aliphatic rings. The average Bonchev–Trinajstić information content (AvgIpc) is 2.42. The van der Waals surface area contributed by atoms with Gasteiger partial charge in [-0.1, -0.05) is 0 Å². The largest absolute Gasteiger partial charge is 0.369 e. The third-order valence-corrected chi connectivity index (χ3v) is 3.01. The molecule has 2 rings (SSSR count). The molecule has 19 heavy (non-hydrogen) atoms. The first-order valence-electron chi connectivity index (χ1n) is 5.75. The number of nitriles is 1. The zero-order valence-electron chi connectivity index (χ0n) is 10.3. The predicted molar refractivity (Wildman–Crippen MR) is 78.3 cm³/mol. The molecule has 1 aromatic heterocycles. The molecule has 96 valence electrons. The smallest absolute Gasteiger partial charge is 0.151 e. The van der Waals surface area contributed by atoms with Gasteiger partial charge in [-0.2, -0.15) is 5.26 Å². The van der Waals surface area contributed by atoms with Crippen LogP contribution in [0.3, 0.4) is 0 Å². The van der Waals surface area contributed by atoms with E-state index in [1.807, 2.05) is 13.0 Å². The Labute approximate surface area is 119 Å². The van der Waals surface area contributed by atoms with Crippen molar-refractivity contribution in [3.63, 3.8) is 0 Å². The first kappa shape index (κ1) is 13.3. The van der Waals surface area contributed by atoms with Crippen LogP contribution in [-0.4, -0.2) is 16.5 Å². The van der Waals surface area contributed by atoms with Crippen LogP contribution in [0.5, 0.6) is 0 Å². The summed E-state index contributed by atoms with van der Waals surface area (Å²) in [6.45, 7) is 2.79. The first-order chi connectivity index (χ1) is 9.22. The second-order valence-electron chi connectivity index (χ2n) is 3.75. The molecule has 0 aliphatic carbocycles. The highest BCUT2D eigenvalue weighted by Gasteiger charge is 2.03. The van der Waals surface area contributed by atoms with Crippen LogP contribution in [0.2, 0.25) is 0 Å². The summed E-state index contributed by atoms with van der Waals surface area (Å²) >= 11 is 3.42. The first-order valence-corrected chi connectivity index (χ1v) is 6.55. The molecule has 2 N–H and O–H groups in total. The van der Waals surface area contributed by atoms with E-state index in [2.05, 4.69) is 42.6 Å². The summed E-state index contributed by atoms with van der Waals surface area (Å²) in [4.78, 5) is 8.48. The zero-order chi connectivity index (χ0) is 13.7.